The zero-order valence-electron chi connectivity index (χ0n) is 16.0. The number of ether oxygens (including phenoxy) is 1. The highest BCUT2D eigenvalue weighted by Gasteiger charge is 2.29. The Morgan fingerprint density at radius 2 is 2.07 bits per heavy atom. The highest BCUT2D eigenvalue weighted by Crippen LogP contribution is 2.12. The topological polar surface area (TPSA) is 69.7 Å². The SMILES string of the molecule is CC(CN1CCN(c2ccccn2)CC1)NC(=O)[C@H]1NCCO[C@@H]1C.Cl.Cl. The Kier molecular flexibility index (Phi) is 10.3. The summed E-state index contributed by atoms with van der Waals surface area (Å²) >= 11 is 0. The fourth-order valence-electron chi connectivity index (χ4n) is 3.49. The number of carbonyl (C=O) groups is 1. The predicted octanol–water partition coefficient (Wildman–Crippen LogP) is 0.929. The molecule has 3 rings (SSSR count). The molecule has 1 aromatic rings. The van der Waals surface area contributed by atoms with E-state index in [1.165, 1.54) is 0 Å². The molecule has 3 heterocycles. The van der Waals surface area contributed by atoms with Crippen molar-refractivity contribution in [2.75, 3.05) is 50.8 Å². The summed E-state index contributed by atoms with van der Waals surface area (Å²) < 4.78 is 5.55. The van der Waals surface area contributed by atoms with Gasteiger partial charge in [0.2, 0.25) is 5.91 Å². The van der Waals surface area contributed by atoms with Crippen molar-refractivity contribution >= 4 is 36.5 Å². The molecule has 0 spiro atoms. The van der Waals surface area contributed by atoms with Gasteiger partial charge in [-0.2, -0.15) is 0 Å². The number of pyridine rings is 1. The maximum atomic E-state index is 12.4. The van der Waals surface area contributed by atoms with Gasteiger partial charge >= 0.3 is 0 Å². The number of hydrogen-bond donors (Lipinski definition) is 2. The second kappa shape index (κ2) is 11.7. The minimum Gasteiger partial charge on any atom is -0.375 e. The van der Waals surface area contributed by atoms with E-state index in [1.807, 2.05) is 25.3 Å². The lowest BCUT2D eigenvalue weighted by molar-refractivity contribution is -0.129. The summed E-state index contributed by atoms with van der Waals surface area (Å²) in [5.74, 6) is 1.08. The first kappa shape index (κ1) is 23.9. The maximum Gasteiger partial charge on any atom is 0.240 e. The van der Waals surface area contributed by atoms with Crippen LogP contribution in [0, 0.1) is 0 Å². The summed E-state index contributed by atoms with van der Waals surface area (Å²) in [7, 11) is 0. The molecule has 0 bridgehead atoms. The average molecular weight is 420 g/mol. The fraction of sp³-hybridized carbons (Fsp3) is 0.667. The lowest BCUT2D eigenvalue weighted by atomic mass is 10.1. The molecule has 9 heteroatoms. The van der Waals surface area contributed by atoms with E-state index in [-0.39, 0.29) is 48.9 Å². The van der Waals surface area contributed by atoms with Gasteiger partial charge in [-0.3, -0.25) is 9.69 Å². The van der Waals surface area contributed by atoms with Gasteiger partial charge in [0.25, 0.3) is 0 Å². The third-order valence-corrected chi connectivity index (χ3v) is 4.87. The van der Waals surface area contributed by atoms with Crippen molar-refractivity contribution in [1.82, 2.24) is 20.5 Å². The van der Waals surface area contributed by atoms with Crippen LogP contribution < -0.4 is 15.5 Å². The molecule has 1 unspecified atom stereocenters. The zero-order valence-corrected chi connectivity index (χ0v) is 17.6. The Bertz CT molecular complexity index is 558. The lowest BCUT2D eigenvalue weighted by Gasteiger charge is -2.37. The first-order valence-electron chi connectivity index (χ1n) is 9.17. The molecule has 27 heavy (non-hydrogen) atoms. The van der Waals surface area contributed by atoms with Gasteiger partial charge in [-0.15, -0.1) is 24.8 Å². The van der Waals surface area contributed by atoms with E-state index in [0.29, 0.717) is 6.61 Å². The molecule has 3 atom stereocenters. The molecule has 7 nitrogen and oxygen atoms in total. The molecule has 0 aliphatic carbocycles. The monoisotopic (exact) mass is 419 g/mol. The van der Waals surface area contributed by atoms with Crippen molar-refractivity contribution in [3.05, 3.63) is 24.4 Å². The molecule has 0 radical (unpaired) electrons. The van der Waals surface area contributed by atoms with Crippen LogP contribution in [0.25, 0.3) is 0 Å². The lowest BCUT2D eigenvalue weighted by Crippen LogP contribution is -2.58. The van der Waals surface area contributed by atoms with Crippen LogP contribution in [0.4, 0.5) is 5.82 Å². The second-order valence-corrected chi connectivity index (χ2v) is 6.89. The number of nitrogens with one attached hydrogen (secondary N) is 2. The van der Waals surface area contributed by atoms with Gasteiger partial charge in [-0.25, -0.2) is 4.98 Å². The molecule has 0 saturated carbocycles. The summed E-state index contributed by atoms with van der Waals surface area (Å²) in [4.78, 5) is 21.5. The minimum atomic E-state index is -0.253. The number of aromatic nitrogens is 1. The van der Waals surface area contributed by atoms with Crippen molar-refractivity contribution in [3.63, 3.8) is 0 Å². The Hall–Kier alpha value is -1.12. The van der Waals surface area contributed by atoms with E-state index in [0.717, 1.165) is 45.1 Å². The number of morpholine rings is 1. The predicted molar refractivity (Wildman–Crippen MR) is 112 cm³/mol. The van der Waals surface area contributed by atoms with Crippen molar-refractivity contribution in [1.29, 1.82) is 0 Å². The van der Waals surface area contributed by atoms with Crippen LogP contribution in [-0.2, 0) is 9.53 Å². The van der Waals surface area contributed by atoms with Gasteiger partial charge in [0.1, 0.15) is 11.9 Å². The number of amides is 1. The third-order valence-electron chi connectivity index (χ3n) is 4.87. The minimum absolute atomic E-state index is 0. The van der Waals surface area contributed by atoms with Gasteiger partial charge in [-0.05, 0) is 26.0 Å². The quantitative estimate of drug-likeness (QED) is 0.739. The molecule has 2 saturated heterocycles. The molecule has 0 aromatic carbocycles. The van der Waals surface area contributed by atoms with Gasteiger partial charge < -0.3 is 20.3 Å². The Balaban J connectivity index is 0.00000182. The van der Waals surface area contributed by atoms with E-state index in [9.17, 15) is 4.79 Å². The third kappa shape index (κ3) is 6.76. The van der Waals surface area contributed by atoms with Crippen molar-refractivity contribution in [2.24, 2.45) is 0 Å². The van der Waals surface area contributed by atoms with Crippen molar-refractivity contribution in [2.45, 2.75) is 32.0 Å². The van der Waals surface area contributed by atoms with Crippen LogP contribution in [0.15, 0.2) is 24.4 Å². The zero-order chi connectivity index (χ0) is 17.6. The molecule has 2 fully saturated rings. The van der Waals surface area contributed by atoms with E-state index in [2.05, 4.69) is 38.4 Å². The van der Waals surface area contributed by atoms with Crippen molar-refractivity contribution < 1.29 is 9.53 Å². The number of anilines is 1. The second-order valence-electron chi connectivity index (χ2n) is 6.89. The molecule has 154 valence electrons. The molecular weight excluding hydrogens is 389 g/mol. The van der Waals surface area contributed by atoms with E-state index in [1.54, 1.807) is 0 Å². The standard InChI is InChI=1S/C18H29N5O2.2ClH/c1-14(21-18(24)17-15(2)25-12-7-20-17)13-22-8-10-23(11-9-22)16-5-3-4-6-19-16;;/h3-6,14-15,17,20H,7-13H2,1-2H3,(H,21,24);2*1H/t14?,15-,17+;;/m1../s1. The summed E-state index contributed by atoms with van der Waals surface area (Å²) in [6.45, 7) is 10.2. The van der Waals surface area contributed by atoms with E-state index < -0.39 is 0 Å². The van der Waals surface area contributed by atoms with Crippen LogP contribution in [0.5, 0.6) is 0 Å². The summed E-state index contributed by atoms with van der Waals surface area (Å²) in [6, 6.07) is 5.88. The maximum absolute atomic E-state index is 12.4. The highest BCUT2D eigenvalue weighted by atomic mass is 35.5. The summed E-state index contributed by atoms with van der Waals surface area (Å²) in [5, 5.41) is 6.36. The van der Waals surface area contributed by atoms with Crippen LogP contribution in [-0.4, -0.2) is 79.9 Å². The van der Waals surface area contributed by atoms with Crippen LogP contribution in [0.2, 0.25) is 0 Å². The normalized spacial score (nSPS) is 24.3. The van der Waals surface area contributed by atoms with Crippen LogP contribution in [0.3, 0.4) is 0 Å². The number of rotatable bonds is 5. The van der Waals surface area contributed by atoms with Gasteiger partial charge in [0.15, 0.2) is 0 Å². The summed E-state index contributed by atoms with van der Waals surface area (Å²) in [6.07, 6.45) is 1.76. The largest absolute Gasteiger partial charge is 0.375 e. The first-order chi connectivity index (χ1) is 12.1. The Morgan fingerprint density at radius 3 is 2.70 bits per heavy atom. The van der Waals surface area contributed by atoms with Crippen LogP contribution in [0.1, 0.15) is 13.8 Å². The molecule has 2 N–H and O–H groups in total. The number of halogens is 2. The first-order valence-corrected chi connectivity index (χ1v) is 9.17. The fourth-order valence-corrected chi connectivity index (χ4v) is 3.49. The average Bonchev–Trinajstić information content (AvgIpc) is 2.63. The van der Waals surface area contributed by atoms with Gasteiger partial charge in [0.05, 0.1) is 12.7 Å². The number of carbonyl (C=O) groups excluding carboxylic acids is 1. The molecule has 1 amide bonds. The number of hydrogen-bond acceptors (Lipinski definition) is 6. The Morgan fingerprint density at radius 1 is 1.33 bits per heavy atom. The highest BCUT2D eigenvalue weighted by molar-refractivity contribution is 5.85. The molecule has 1 aromatic heterocycles. The van der Waals surface area contributed by atoms with Crippen molar-refractivity contribution in [3.8, 4) is 0 Å². The number of nitrogens with zero attached hydrogens (tertiary/aromatic N) is 3. The summed E-state index contributed by atoms with van der Waals surface area (Å²) in [5.41, 5.74) is 0. The van der Waals surface area contributed by atoms with E-state index in [4.69, 9.17) is 4.74 Å². The molecule has 2 aliphatic heterocycles. The number of piperazine rings is 1. The van der Waals surface area contributed by atoms with E-state index >= 15 is 0 Å². The van der Waals surface area contributed by atoms with Crippen LogP contribution >= 0.6 is 24.8 Å². The van der Waals surface area contributed by atoms with Gasteiger partial charge in [0, 0.05) is 51.5 Å². The molecule has 2 aliphatic rings. The smallest absolute Gasteiger partial charge is 0.240 e. The Labute approximate surface area is 174 Å². The molecular formula is C18H31Cl2N5O2. The van der Waals surface area contributed by atoms with Gasteiger partial charge in [-0.1, -0.05) is 6.07 Å².